The van der Waals surface area contributed by atoms with Crippen LogP contribution in [0, 0.1) is 5.82 Å². The highest BCUT2D eigenvalue weighted by molar-refractivity contribution is 6.28. The van der Waals surface area contributed by atoms with E-state index < -0.39 is 5.82 Å². The van der Waals surface area contributed by atoms with Gasteiger partial charge in [-0.3, -0.25) is 0 Å². The lowest BCUT2D eigenvalue weighted by atomic mass is 10.2. The van der Waals surface area contributed by atoms with E-state index in [0.717, 1.165) is 11.8 Å². The van der Waals surface area contributed by atoms with E-state index in [1.165, 1.54) is 0 Å². The summed E-state index contributed by atoms with van der Waals surface area (Å²) in [6.45, 7) is 0. The van der Waals surface area contributed by atoms with E-state index in [4.69, 9.17) is 16.0 Å². The van der Waals surface area contributed by atoms with Gasteiger partial charge in [0.2, 0.25) is 17.1 Å². The predicted octanol–water partition coefficient (Wildman–Crippen LogP) is 4.73. The Kier molecular flexibility index (Phi) is 4.28. The van der Waals surface area contributed by atoms with Gasteiger partial charge in [-0.1, -0.05) is 24.3 Å². The van der Waals surface area contributed by atoms with Crippen LogP contribution in [0.4, 0.5) is 15.9 Å². The van der Waals surface area contributed by atoms with Gasteiger partial charge in [0, 0.05) is 16.8 Å². The number of aromatic nitrogens is 4. The number of hydrogen-bond donors (Lipinski definition) is 1. The number of benzene rings is 2. The molecule has 2 aromatic heterocycles. The van der Waals surface area contributed by atoms with Crippen LogP contribution in [-0.2, 0) is 0 Å². The molecule has 0 bridgehead atoms. The van der Waals surface area contributed by atoms with Gasteiger partial charge in [-0.05, 0) is 41.9 Å². The van der Waals surface area contributed by atoms with Gasteiger partial charge in [0.05, 0.1) is 6.20 Å². The molecule has 4 rings (SSSR count). The van der Waals surface area contributed by atoms with E-state index >= 15 is 0 Å². The zero-order valence-electron chi connectivity index (χ0n) is 13.2. The molecule has 0 saturated carbocycles. The monoisotopic (exact) mass is 367 g/mol. The van der Waals surface area contributed by atoms with Gasteiger partial charge in [-0.25, -0.2) is 9.37 Å². The normalized spacial score (nSPS) is 10.7. The van der Waals surface area contributed by atoms with Crippen molar-refractivity contribution in [2.24, 2.45) is 0 Å². The van der Waals surface area contributed by atoms with Crippen LogP contribution in [0.1, 0.15) is 0 Å². The first-order chi connectivity index (χ1) is 12.7. The van der Waals surface area contributed by atoms with Crippen molar-refractivity contribution in [2.45, 2.75) is 0 Å². The third-order valence-electron chi connectivity index (χ3n) is 3.53. The fourth-order valence-corrected chi connectivity index (χ4v) is 2.47. The molecule has 1 N–H and O–H groups in total. The third-order valence-corrected chi connectivity index (χ3v) is 3.71. The molecule has 0 radical (unpaired) electrons. The number of anilines is 2. The van der Waals surface area contributed by atoms with Crippen LogP contribution in [0.5, 0.6) is 0 Å². The molecule has 2 aromatic carbocycles. The van der Waals surface area contributed by atoms with E-state index in [9.17, 15) is 4.39 Å². The largest absolute Gasteiger partial charge is 0.416 e. The number of nitrogens with one attached hydrogen (secondary N) is 1. The zero-order chi connectivity index (χ0) is 17.9. The van der Waals surface area contributed by atoms with E-state index in [0.29, 0.717) is 23.0 Å². The Labute approximate surface area is 152 Å². The van der Waals surface area contributed by atoms with E-state index in [-0.39, 0.29) is 11.1 Å². The average molecular weight is 368 g/mol. The lowest BCUT2D eigenvalue weighted by Gasteiger charge is -2.07. The number of nitrogens with zero attached hydrogens (tertiary/aromatic N) is 4. The van der Waals surface area contributed by atoms with Crippen LogP contribution in [0.25, 0.3) is 22.9 Å². The first kappa shape index (κ1) is 16.2. The second kappa shape index (κ2) is 6.89. The summed E-state index contributed by atoms with van der Waals surface area (Å²) in [7, 11) is 0. The van der Waals surface area contributed by atoms with Crippen molar-refractivity contribution < 1.29 is 8.81 Å². The quantitative estimate of drug-likeness (QED) is 0.525. The van der Waals surface area contributed by atoms with Crippen molar-refractivity contribution in [3.63, 3.8) is 0 Å². The van der Waals surface area contributed by atoms with E-state index in [1.807, 2.05) is 36.4 Å². The maximum atomic E-state index is 13.8. The highest BCUT2D eigenvalue weighted by Crippen LogP contribution is 2.27. The first-order valence-electron chi connectivity index (χ1n) is 7.63. The molecule has 0 aliphatic rings. The Hall–Kier alpha value is -3.32. The maximum Gasteiger partial charge on any atom is 0.248 e. The fourth-order valence-electron chi connectivity index (χ4n) is 2.34. The third kappa shape index (κ3) is 3.38. The molecular weight excluding hydrogens is 357 g/mol. The van der Waals surface area contributed by atoms with Gasteiger partial charge < -0.3 is 9.73 Å². The molecule has 128 valence electrons. The van der Waals surface area contributed by atoms with Crippen LogP contribution in [0.2, 0.25) is 5.28 Å². The average Bonchev–Trinajstić information content (AvgIpc) is 3.16. The summed E-state index contributed by atoms with van der Waals surface area (Å²) in [6.07, 6.45) is 1.01. The van der Waals surface area contributed by atoms with Crippen LogP contribution in [-0.4, -0.2) is 20.2 Å². The van der Waals surface area contributed by atoms with Crippen molar-refractivity contribution in [3.05, 3.63) is 71.9 Å². The van der Waals surface area contributed by atoms with Crippen molar-refractivity contribution in [1.29, 1.82) is 0 Å². The van der Waals surface area contributed by atoms with Crippen LogP contribution >= 0.6 is 11.6 Å². The summed E-state index contributed by atoms with van der Waals surface area (Å²) in [6, 6.07) is 16.6. The minimum absolute atomic E-state index is 0.0161. The molecule has 8 heteroatoms. The van der Waals surface area contributed by atoms with Crippen LogP contribution < -0.4 is 5.32 Å². The number of rotatable bonds is 4. The molecular formula is C18H11ClFN5O. The first-order valence-corrected chi connectivity index (χ1v) is 8.01. The summed E-state index contributed by atoms with van der Waals surface area (Å²) in [5.41, 5.74) is 2.11. The molecule has 0 unspecified atom stereocenters. The summed E-state index contributed by atoms with van der Waals surface area (Å²) in [5.74, 6) is 0.155. The predicted molar refractivity (Wildman–Crippen MR) is 95.5 cm³/mol. The molecule has 4 aromatic rings. The summed E-state index contributed by atoms with van der Waals surface area (Å²) in [4.78, 5) is 7.41. The van der Waals surface area contributed by atoms with Crippen molar-refractivity contribution in [1.82, 2.24) is 20.2 Å². The topological polar surface area (TPSA) is 76.7 Å². The highest BCUT2D eigenvalue weighted by atomic mass is 35.5. The van der Waals surface area contributed by atoms with E-state index in [1.54, 1.807) is 18.2 Å². The van der Waals surface area contributed by atoms with Crippen molar-refractivity contribution >= 4 is 23.1 Å². The molecule has 0 saturated heterocycles. The van der Waals surface area contributed by atoms with Crippen molar-refractivity contribution in [3.8, 4) is 22.9 Å². The number of halogens is 2. The lowest BCUT2D eigenvalue weighted by Crippen LogP contribution is -1.99. The molecule has 26 heavy (non-hydrogen) atoms. The second-order valence-corrected chi connectivity index (χ2v) is 5.66. The molecule has 0 atom stereocenters. The Morgan fingerprint density at radius 1 is 0.923 bits per heavy atom. The fraction of sp³-hybridized carbons (Fsp3) is 0. The molecule has 0 aliphatic heterocycles. The summed E-state index contributed by atoms with van der Waals surface area (Å²) < 4.78 is 19.5. The number of hydrogen-bond acceptors (Lipinski definition) is 6. The van der Waals surface area contributed by atoms with Gasteiger partial charge >= 0.3 is 0 Å². The minimum atomic E-state index is -0.607. The maximum absolute atomic E-state index is 13.8. The summed E-state index contributed by atoms with van der Waals surface area (Å²) >= 11 is 5.71. The Morgan fingerprint density at radius 2 is 1.65 bits per heavy atom. The zero-order valence-corrected chi connectivity index (χ0v) is 14.0. The molecule has 2 heterocycles. The van der Waals surface area contributed by atoms with Gasteiger partial charge in [0.1, 0.15) is 0 Å². The smallest absolute Gasteiger partial charge is 0.248 e. The summed E-state index contributed by atoms with van der Waals surface area (Å²) in [5, 5.41) is 11.0. The van der Waals surface area contributed by atoms with Crippen LogP contribution in [0.3, 0.4) is 0 Å². The molecule has 0 fully saturated rings. The Morgan fingerprint density at radius 3 is 2.46 bits per heavy atom. The van der Waals surface area contributed by atoms with Crippen molar-refractivity contribution in [2.75, 3.05) is 5.32 Å². The van der Waals surface area contributed by atoms with Gasteiger partial charge in [-0.2, -0.15) is 4.98 Å². The standard InChI is InChI=1S/C18H11ClFN5O/c19-18-21-10-14(20)15(23-18)22-13-8-4-7-12(9-13)17-25-24-16(26-17)11-5-2-1-3-6-11/h1-10H,(H,21,22,23). The highest BCUT2D eigenvalue weighted by Gasteiger charge is 2.12. The molecule has 6 nitrogen and oxygen atoms in total. The Bertz CT molecular complexity index is 1050. The molecule has 0 aliphatic carbocycles. The minimum Gasteiger partial charge on any atom is -0.416 e. The molecule has 0 amide bonds. The van der Waals surface area contributed by atoms with E-state index in [2.05, 4.69) is 25.5 Å². The molecule has 0 spiro atoms. The van der Waals surface area contributed by atoms with Gasteiger partial charge in [0.25, 0.3) is 0 Å². The Balaban J connectivity index is 1.62. The lowest BCUT2D eigenvalue weighted by molar-refractivity contribution is 0.584. The van der Waals surface area contributed by atoms with Gasteiger partial charge in [-0.15, -0.1) is 10.2 Å². The second-order valence-electron chi connectivity index (χ2n) is 5.32. The SMILES string of the molecule is Fc1cnc(Cl)nc1Nc1cccc(-c2nnc(-c3ccccc3)o2)c1. The van der Waals surface area contributed by atoms with Gasteiger partial charge in [0.15, 0.2) is 11.6 Å². The van der Waals surface area contributed by atoms with Crippen LogP contribution in [0.15, 0.2) is 65.2 Å².